The fraction of sp³-hybridized carbons (Fsp3) is 0.172. The third-order valence-electron chi connectivity index (χ3n) is 6.58. The molecule has 196 valence electrons. The first-order valence-corrected chi connectivity index (χ1v) is 13.0. The van der Waals surface area contributed by atoms with E-state index in [4.69, 9.17) is 0 Å². The Morgan fingerprint density at radius 1 is 0.974 bits per heavy atom. The first kappa shape index (κ1) is 26.1. The molecule has 2 saturated heterocycles. The Labute approximate surface area is 227 Å². The minimum atomic E-state index is -0.834. The largest absolute Gasteiger partial charge is 0.367 e. The molecule has 0 radical (unpaired) electrons. The maximum absolute atomic E-state index is 14.1. The van der Waals surface area contributed by atoms with Gasteiger partial charge in [-0.1, -0.05) is 30.3 Å². The molecule has 10 heteroatoms. The number of carbonyl (C=O) groups is 3. The van der Waals surface area contributed by atoms with Crippen molar-refractivity contribution in [3.8, 4) is 6.07 Å². The van der Waals surface area contributed by atoms with E-state index in [2.05, 4.69) is 11.0 Å². The lowest BCUT2D eigenvalue weighted by atomic mass is 10.1. The minimum absolute atomic E-state index is 0.0313. The average Bonchev–Trinajstić information content (AvgIpc) is 3.21. The maximum atomic E-state index is 14.1. The number of anilines is 1. The fourth-order valence-electron chi connectivity index (χ4n) is 4.55. The molecule has 3 amide bonds. The normalized spacial score (nSPS) is 16.6. The number of thioether (sulfide) groups is 1. The van der Waals surface area contributed by atoms with Crippen LogP contribution in [0.15, 0.2) is 71.6 Å². The number of imide groups is 1. The third-order valence-corrected chi connectivity index (χ3v) is 7.49. The van der Waals surface area contributed by atoms with Crippen molar-refractivity contribution >= 4 is 40.6 Å². The Bertz CT molecular complexity index is 1540. The van der Waals surface area contributed by atoms with Gasteiger partial charge in [0.15, 0.2) is 0 Å². The van der Waals surface area contributed by atoms with Crippen LogP contribution in [0.2, 0.25) is 0 Å². The molecule has 7 nitrogen and oxygen atoms in total. The molecule has 3 aromatic rings. The summed E-state index contributed by atoms with van der Waals surface area (Å²) < 4.78 is 27.3. The van der Waals surface area contributed by atoms with Crippen LogP contribution in [0.3, 0.4) is 0 Å². The summed E-state index contributed by atoms with van der Waals surface area (Å²) in [6.45, 7) is 1.85. The molecule has 5 rings (SSSR count). The Hall–Kier alpha value is -4.49. The Kier molecular flexibility index (Phi) is 7.43. The van der Waals surface area contributed by atoms with Crippen LogP contribution in [0.4, 0.5) is 19.3 Å². The van der Waals surface area contributed by atoms with E-state index in [9.17, 15) is 28.4 Å². The number of nitriles is 1. The number of nitrogens with zero attached hydrogens (tertiary/aromatic N) is 4. The zero-order chi connectivity index (χ0) is 27.5. The molecule has 0 aliphatic carbocycles. The van der Waals surface area contributed by atoms with Crippen molar-refractivity contribution in [3.05, 3.63) is 106 Å². The van der Waals surface area contributed by atoms with E-state index >= 15 is 0 Å². The number of rotatable bonds is 5. The zero-order valence-electron chi connectivity index (χ0n) is 20.6. The van der Waals surface area contributed by atoms with Crippen LogP contribution in [-0.2, 0) is 11.3 Å². The van der Waals surface area contributed by atoms with E-state index in [-0.39, 0.29) is 22.9 Å². The summed E-state index contributed by atoms with van der Waals surface area (Å²) in [5.74, 6) is -2.32. The number of para-hydroxylation sites is 1. The van der Waals surface area contributed by atoms with E-state index in [0.29, 0.717) is 48.9 Å². The van der Waals surface area contributed by atoms with Gasteiger partial charge in [0, 0.05) is 43.4 Å². The second kappa shape index (κ2) is 11.1. The highest BCUT2D eigenvalue weighted by molar-refractivity contribution is 8.18. The molecule has 0 saturated carbocycles. The van der Waals surface area contributed by atoms with Gasteiger partial charge in [-0.2, -0.15) is 5.26 Å². The van der Waals surface area contributed by atoms with Crippen molar-refractivity contribution in [2.75, 3.05) is 31.1 Å². The topological polar surface area (TPSA) is 84.7 Å². The van der Waals surface area contributed by atoms with Crippen LogP contribution in [0.25, 0.3) is 6.08 Å². The Morgan fingerprint density at radius 2 is 1.74 bits per heavy atom. The van der Waals surface area contributed by atoms with Gasteiger partial charge in [0.05, 0.1) is 22.7 Å². The average molecular weight is 545 g/mol. The van der Waals surface area contributed by atoms with Crippen molar-refractivity contribution < 1.29 is 23.2 Å². The number of carbonyl (C=O) groups excluding carboxylic acids is 3. The molecule has 2 fully saturated rings. The quantitative estimate of drug-likeness (QED) is 0.419. The zero-order valence-corrected chi connectivity index (χ0v) is 21.5. The van der Waals surface area contributed by atoms with Crippen LogP contribution >= 0.6 is 11.8 Å². The third kappa shape index (κ3) is 5.54. The number of halogens is 2. The number of hydrogen-bond donors (Lipinski definition) is 0. The highest BCUT2D eigenvalue weighted by Gasteiger charge is 2.35. The van der Waals surface area contributed by atoms with E-state index in [1.54, 1.807) is 35.2 Å². The lowest BCUT2D eigenvalue weighted by Gasteiger charge is -2.36. The fourth-order valence-corrected chi connectivity index (χ4v) is 5.38. The van der Waals surface area contributed by atoms with Crippen LogP contribution in [0.1, 0.15) is 27.0 Å². The lowest BCUT2D eigenvalue weighted by Crippen LogP contribution is -2.49. The van der Waals surface area contributed by atoms with Gasteiger partial charge in [-0.15, -0.1) is 0 Å². The monoisotopic (exact) mass is 544 g/mol. The molecule has 0 spiro atoms. The molecule has 0 unspecified atom stereocenters. The number of benzene rings is 3. The van der Waals surface area contributed by atoms with Crippen LogP contribution < -0.4 is 4.90 Å². The van der Waals surface area contributed by atoms with Gasteiger partial charge in [-0.3, -0.25) is 19.3 Å². The predicted octanol–water partition coefficient (Wildman–Crippen LogP) is 5.04. The molecule has 39 heavy (non-hydrogen) atoms. The molecule has 0 aromatic heterocycles. The molecular formula is C29H22F2N4O3S. The molecular weight excluding hydrogens is 522 g/mol. The highest BCUT2D eigenvalue weighted by atomic mass is 32.2. The highest BCUT2D eigenvalue weighted by Crippen LogP contribution is 2.34. The van der Waals surface area contributed by atoms with E-state index in [0.717, 1.165) is 28.4 Å². The Balaban J connectivity index is 1.26. The van der Waals surface area contributed by atoms with E-state index < -0.39 is 22.8 Å². The van der Waals surface area contributed by atoms with Gasteiger partial charge < -0.3 is 9.80 Å². The SMILES string of the molecule is N#Cc1ccccc1N1CCN(C(=O)c2cccc(C=C3SC(=O)N(Cc4ccc(F)cc4F)C3=O)c2)CC1. The van der Waals surface area contributed by atoms with Crippen LogP contribution in [0, 0.1) is 23.0 Å². The minimum Gasteiger partial charge on any atom is -0.367 e. The second-order valence-electron chi connectivity index (χ2n) is 9.04. The van der Waals surface area contributed by atoms with Gasteiger partial charge >= 0.3 is 0 Å². The van der Waals surface area contributed by atoms with Crippen LogP contribution in [0.5, 0.6) is 0 Å². The predicted molar refractivity (Wildman–Crippen MR) is 144 cm³/mol. The first-order valence-electron chi connectivity index (χ1n) is 12.2. The van der Waals surface area contributed by atoms with Crippen molar-refractivity contribution in [1.82, 2.24) is 9.80 Å². The molecule has 0 atom stereocenters. The molecule has 2 heterocycles. The van der Waals surface area contributed by atoms with Crippen molar-refractivity contribution in [3.63, 3.8) is 0 Å². The van der Waals surface area contributed by atoms with Gasteiger partial charge in [0.25, 0.3) is 17.1 Å². The van der Waals surface area contributed by atoms with Gasteiger partial charge in [-0.25, -0.2) is 8.78 Å². The molecule has 0 bridgehead atoms. The summed E-state index contributed by atoms with van der Waals surface area (Å²) in [7, 11) is 0. The van der Waals surface area contributed by atoms with E-state index in [1.807, 2.05) is 18.2 Å². The van der Waals surface area contributed by atoms with Crippen molar-refractivity contribution in [2.24, 2.45) is 0 Å². The Morgan fingerprint density at radius 3 is 2.49 bits per heavy atom. The number of piperazine rings is 1. The molecule has 2 aliphatic heterocycles. The van der Waals surface area contributed by atoms with Gasteiger partial charge in [0.1, 0.15) is 17.7 Å². The van der Waals surface area contributed by atoms with Crippen molar-refractivity contribution in [2.45, 2.75) is 6.54 Å². The molecule has 3 aromatic carbocycles. The molecule has 2 aliphatic rings. The van der Waals surface area contributed by atoms with Gasteiger partial charge in [-0.05, 0) is 53.7 Å². The summed E-state index contributed by atoms with van der Waals surface area (Å²) in [5.41, 5.74) is 2.49. The van der Waals surface area contributed by atoms with Gasteiger partial charge in [0.2, 0.25) is 0 Å². The summed E-state index contributed by atoms with van der Waals surface area (Å²) in [6, 6.07) is 19.3. The second-order valence-corrected chi connectivity index (χ2v) is 10.0. The lowest BCUT2D eigenvalue weighted by molar-refractivity contribution is -0.123. The maximum Gasteiger partial charge on any atom is 0.293 e. The van der Waals surface area contributed by atoms with Crippen LogP contribution in [-0.4, -0.2) is 53.0 Å². The summed E-state index contributed by atoms with van der Waals surface area (Å²) in [6.07, 6.45) is 1.53. The summed E-state index contributed by atoms with van der Waals surface area (Å²) in [4.78, 5) is 43.5. The summed E-state index contributed by atoms with van der Waals surface area (Å²) >= 11 is 0.727. The standard InChI is InChI=1S/C29H22F2N4O3S/c30-23-9-8-22(24(31)16-23)18-35-28(37)26(39-29(35)38)15-19-4-3-6-20(14-19)27(36)34-12-10-33(11-13-34)25-7-2-1-5-21(25)17-32/h1-9,14-16H,10-13,18H2. The van der Waals surface area contributed by atoms with Crippen molar-refractivity contribution in [1.29, 1.82) is 5.26 Å². The molecule has 0 N–H and O–H groups in total. The number of amides is 3. The summed E-state index contributed by atoms with van der Waals surface area (Å²) in [5, 5.41) is 8.82. The smallest absolute Gasteiger partial charge is 0.293 e. The number of hydrogen-bond acceptors (Lipinski definition) is 6. The van der Waals surface area contributed by atoms with E-state index in [1.165, 1.54) is 12.1 Å². The first-order chi connectivity index (χ1) is 18.8.